The third-order valence-corrected chi connectivity index (χ3v) is 4.91. The second-order valence-electron chi connectivity index (χ2n) is 5.77. The molecule has 5 heteroatoms. The number of hydrogen-bond acceptors (Lipinski definition) is 4. The third-order valence-electron chi connectivity index (χ3n) is 3.97. The van der Waals surface area contributed by atoms with Crippen molar-refractivity contribution >= 4 is 33.1 Å². The quantitative estimate of drug-likeness (QED) is 0.909. The zero-order valence-electron chi connectivity index (χ0n) is 12.5. The molecule has 1 aliphatic rings. The molecule has 1 saturated carbocycles. The van der Waals surface area contributed by atoms with Gasteiger partial charge in [-0.05, 0) is 44.9 Å². The Labute approximate surface area is 129 Å². The molecule has 1 aromatic heterocycles. The fourth-order valence-corrected chi connectivity index (χ4v) is 3.71. The smallest absolute Gasteiger partial charge is 0.242 e. The first kappa shape index (κ1) is 14.3. The van der Waals surface area contributed by atoms with Gasteiger partial charge in [0.2, 0.25) is 5.91 Å². The second kappa shape index (κ2) is 6.02. The van der Waals surface area contributed by atoms with E-state index in [1.807, 2.05) is 26.0 Å². The van der Waals surface area contributed by atoms with Crippen LogP contribution in [0.5, 0.6) is 0 Å². The highest BCUT2D eigenvalue weighted by atomic mass is 32.1. The molecule has 1 aromatic carbocycles. The molecule has 1 atom stereocenters. The zero-order valence-corrected chi connectivity index (χ0v) is 13.3. The largest absolute Gasteiger partial charge is 0.374 e. The van der Waals surface area contributed by atoms with Crippen molar-refractivity contribution in [1.82, 2.24) is 10.3 Å². The number of aromatic nitrogens is 1. The minimum atomic E-state index is -0.225. The number of nitrogens with one attached hydrogen (secondary N) is 2. The number of aryl methyl sites for hydroxylation is 1. The van der Waals surface area contributed by atoms with Gasteiger partial charge in [-0.15, -0.1) is 11.3 Å². The van der Waals surface area contributed by atoms with Crippen LogP contribution in [0.4, 0.5) is 5.69 Å². The SMILES string of the molecule is Cc1nc2ccc(N[C@@H](C)C(=O)NC3CCCC3)cc2s1. The van der Waals surface area contributed by atoms with Crippen molar-refractivity contribution in [2.75, 3.05) is 5.32 Å². The first-order chi connectivity index (χ1) is 10.1. The number of fused-ring (bicyclic) bond motifs is 1. The lowest BCUT2D eigenvalue weighted by molar-refractivity contribution is -0.122. The third kappa shape index (κ3) is 3.35. The molecule has 3 rings (SSSR count). The number of nitrogens with zero attached hydrogens (tertiary/aromatic N) is 1. The van der Waals surface area contributed by atoms with Gasteiger partial charge in [0.05, 0.1) is 15.2 Å². The van der Waals surface area contributed by atoms with Gasteiger partial charge in [-0.2, -0.15) is 0 Å². The fraction of sp³-hybridized carbons (Fsp3) is 0.500. The monoisotopic (exact) mass is 303 g/mol. The van der Waals surface area contributed by atoms with Gasteiger partial charge in [0.15, 0.2) is 0 Å². The van der Waals surface area contributed by atoms with Crippen LogP contribution in [0.1, 0.15) is 37.6 Å². The predicted octanol–water partition coefficient (Wildman–Crippen LogP) is 3.46. The normalized spacial score (nSPS) is 17.0. The van der Waals surface area contributed by atoms with Crippen molar-refractivity contribution in [3.63, 3.8) is 0 Å². The van der Waals surface area contributed by atoms with Gasteiger partial charge in [-0.3, -0.25) is 4.79 Å². The van der Waals surface area contributed by atoms with E-state index in [-0.39, 0.29) is 11.9 Å². The molecule has 0 spiro atoms. The maximum absolute atomic E-state index is 12.2. The summed E-state index contributed by atoms with van der Waals surface area (Å²) in [5, 5.41) is 7.48. The van der Waals surface area contributed by atoms with E-state index in [2.05, 4.69) is 21.7 Å². The summed E-state index contributed by atoms with van der Waals surface area (Å²) in [7, 11) is 0. The number of benzene rings is 1. The minimum absolute atomic E-state index is 0.0856. The highest BCUT2D eigenvalue weighted by molar-refractivity contribution is 7.18. The average molecular weight is 303 g/mol. The number of amides is 1. The fourth-order valence-electron chi connectivity index (χ4n) is 2.84. The Morgan fingerprint density at radius 1 is 1.38 bits per heavy atom. The number of anilines is 1. The Morgan fingerprint density at radius 2 is 2.14 bits per heavy atom. The molecular weight excluding hydrogens is 282 g/mol. The molecule has 0 radical (unpaired) electrons. The van der Waals surface area contributed by atoms with E-state index in [1.54, 1.807) is 11.3 Å². The van der Waals surface area contributed by atoms with E-state index < -0.39 is 0 Å². The highest BCUT2D eigenvalue weighted by Gasteiger charge is 2.20. The molecule has 112 valence electrons. The zero-order chi connectivity index (χ0) is 14.8. The van der Waals surface area contributed by atoms with E-state index in [4.69, 9.17) is 0 Å². The Bertz CT molecular complexity index is 646. The van der Waals surface area contributed by atoms with Gasteiger partial charge in [-0.25, -0.2) is 4.98 Å². The van der Waals surface area contributed by atoms with Crippen LogP contribution in [-0.4, -0.2) is 23.0 Å². The lowest BCUT2D eigenvalue weighted by Crippen LogP contribution is -2.42. The number of rotatable bonds is 4. The van der Waals surface area contributed by atoms with Crippen LogP contribution in [-0.2, 0) is 4.79 Å². The van der Waals surface area contributed by atoms with Gasteiger partial charge in [0.25, 0.3) is 0 Å². The first-order valence-corrected chi connectivity index (χ1v) is 8.37. The number of thiazole rings is 1. The lowest BCUT2D eigenvalue weighted by atomic mass is 10.2. The van der Waals surface area contributed by atoms with Crippen LogP contribution >= 0.6 is 11.3 Å². The molecule has 2 aromatic rings. The number of carbonyl (C=O) groups is 1. The van der Waals surface area contributed by atoms with Crippen molar-refractivity contribution in [2.45, 2.75) is 51.6 Å². The maximum atomic E-state index is 12.2. The lowest BCUT2D eigenvalue weighted by Gasteiger charge is -2.18. The van der Waals surface area contributed by atoms with E-state index in [1.165, 1.54) is 12.8 Å². The van der Waals surface area contributed by atoms with Gasteiger partial charge in [0.1, 0.15) is 6.04 Å². The summed E-state index contributed by atoms with van der Waals surface area (Å²) in [6, 6.07) is 6.20. The van der Waals surface area contributed by atoms with Crippen molar-refractivity contribution in [3.05, 3.63) is 23.2 Å². The number of carbonyl (C=O) groups excluding carboxylic acids is 1. The standard InChI is InChI=1S/C16H21N3OS/c1-10(16(20)19-12-5-3-4-6-12)17-13-7-8-14-15(9-13)21-11(2)18-14/h7-10,12,17H,3-6H2,1-2H3,(H,19,20)/t10-/m0/s1. The van der Waals surface area contributed by atoms with Crippen LogP contribution in [0.15, 0.2) is 18.2 Å². The van der Waals surface area contributed by atoms with Gasteiger partial charge in [0, 0.05) is 11.7 Å². The molecule has 21 heavy (non-hydrogen) atoms. The molecule has 2 N–H and O–H groups in total. The molecule has 0 aliphatic heterocycles. The molecule has 1 heterocycles. The van der Waals surface area contributed by atoms with Crippen LogP contribution in [0.25, 0.3) is 10.2 Å². The van der Waals surface area contributed by atoms with Crippen molar-refractivity contribution in [2.24, 2.45) is 0 Å². The molecule has 0 saturated heterocycles. The second-order valence-corrected chi connectivity index (χ2v) is 7.01. The molecule has 4 nitrogen and oxygen atoms in total. The number of hydrogen-bond donors (Lipinski definition) is 2. The van der Waals surface area contributed by atoms with E-state index >= 15 is 0 Å². The van der Waals surface area contributed by atoms with E-state index in [0.717, 1.165) is 33.8 Å². The van der Waals surface area contributed by atoms with Crippen molar-refractivity contribution in [1.29, 1.82) is 0 Å². The Kier molecular flexibility index (Phi) is 4.10. The maximum Gasteiger partial charge on any atom is 0.242 e. The molecule has 1 fully saturated rings. The van der Waals surface area contributed by atoms with E-state index in [0.29, 0.717) is 6.04 Å². The summed E-state index contributed by atoms with van der Waals surface area (Å²) in [5.41, 5.74) is 1.99. The van der Waals surface area contributed by atoms with Crippen molar-refractivity contribution < 1.29 is 4.79 Å². The van der Waals surface area contributed by atoms with E-state index in [9.17, 15) is 4.79 Å². The van der Waals surface area contributed by atoms with Gasteiger partial charge >= 0.3 is 0 Å². The Hall–Kier alpha value is -1.62. The van der Waals surface area contributed by atoms with Gasteiger partial charge < -0.3 is 10.6 Å². The first-order valence-electron chi connectivity index (χ1n) is 7.56. The Morgan fingerprint density at radius 3 is 2.90 bits per heavy atom. The molecule has 1 amide bonds. The minimum Gasteiger partial charge on any atom is -0.374 e. The summed E-state index contributed by atoms with van der Waals surface area (Å²) >= 11 is 1.68. The summed E-state index contributed by atoms with van der Waals surface area (Å²) < 4.78 is 1.15. The van der Waals surface area contributed by atoms with Crippen LogP contribution in [0.3, 0.4) is 0 Å². The van der Waals surface area contributed by atoms with Crippen LogP contribution in [0.2, 0.25) is 0 Å². The van der Waals surface area contributed by atoms with Crippen LogP contribution in [0, 0.1) is 6.92 Å². The summed E-state index contributed by atoms with van der Waals surface area (Å²) in [4.78, 5) is 16.6. The molecule has 0 bridgehead atoms. The summed E-state index contributed by atoms with van der Waals surface area (Å²) in [6.45, 7) is 3.92. The average Bonchev–Trinajstić information content (AvgIpc) is 3.06. The molecule has 1 aliphatic carbocycles. The van der Waals surface area contributed by atoms with Crippen LogP contribution < -0.4 is 10.6 Å². The Balaban J connectivity index is 1.64. The highest BCUT2D eigenvalue weighted by Crippen LogP contribution is 2.25. The predicted molar refractivity (Wildman–Crippen MR) is 87.8 cm³/mol. The summed E-state index contributed by atoms with van der Waals surface area (Å²) in [6.07, 6.45) is 4.69. The topological polar surface area (TPSA) is 54.0 Å². The van der Waals surface area contributed by atoms with Crippen molar-refractivity contribution in [3.8, 4) is 0 Å². The van der Waals surface area contributed by atoms with Gasteiger partial charge in [-0.1, -0.05) is 12.8 Å². The molecular formula is C16H21N3OS. The summed E-state index contributed by atoms with van der Waals surface area (Å²) in [5.74, 6) is 0.0856. The molecule has 0 unspecified atom stereocenters.